The Morgan fingerprint density at radius 3 is 2.33 bits per heavy atom. The Balaban J connectivity index is 3.26. The average molecular weight is 264 g/mol. The Bertz CT molecular complexity index is 452. The lowest BCUT2D eigenvalue weighted by Crippen LogP contribution is -2.30. The van der Waals surface area contributed by atoms with E-state index in [2.05, 4.69) is 5.10 Å². The summed E-state index contributed by atoms with van der Waals surface area (Å²) in [4.78, 5) is 10.6. The van der Waals surface area contributed by atoms with E-state index in [0.717, 1.165) is 10.2 Å². The molecule has 1 atom stereocenters. The third kappa shape index (κ3) is 2.83. The highest BCUT2D eigenvalue weighted by atomic mass is 19.4. The van der Waals surface area contributed by atoms with Gasteiger partial charge in [-0.05, 0) is 25.8 Å². The minimum atomic E-state index is -4.63. The number of nitrogens with zero attached hydrogens (tertiary/aromatic N) is 2. The normalized spacial score (nSPS) is 13.7. The van der Waals surface area contributed by atoms with Crippen molar-refractivity contribution in [1.82, 2.24) is 9.78 Å². The average Bonchev–Trinajstić information content (AvgIpc) is 2.48. The number of hydrogen-bond donors (Lipinski definition) is 1. The predicted octanol–water partition coefficient (Wildman–Crippen LogP) is 2.64. The fourth-order valence-electron chi connectivity index (χ4n) is 2.02. The standard InChI is InChI=1S/C11H15F3N2O2/c1-4-8-6(2)15-16(7(8)3)9(5-10(17)18)11(12,13)14/h9H,4-5H2,1-3H3,(H,17,18). The van der Waals surface area contributed by atoms with Crippen molar-refractivity contribution in [3.8, 4) is 0 Å². The molecule has 0 aliphatic carbocycles. The van der Waals surface area contributed by atoms with Crippen LogP contribution in [0.5, 0.6) is 0 Å². The number of carboxylic acid groups (broad SMARTS) is 1. The van der Waals surface area contributed by atoms with Gasteiger partial charge in [0.15, 0.2) is 6.04 Å². The molecule has 0 saturated carbocycles. The maximum absolute atomic E-state index is 12.9. The highest BCUT2D eigenvalue weighted by molar-refractivity contribution is 5.67. The molecule has 1 heterocycles. The molecule has 0 aromatic carbocycles. The van der Waals surface area contributed by atoms with Gasteiger partial charge in [-0.1, -0.05) is 6.92 Å². The molecule has 1 unspecified atom stereocenters. The Labute approximate surface area is 102 Å². The van der Waals surface area contributed by atoms with Crippen LogP contribution in [0.1, 0.15) is 36.3 Å². The van der Waals surface area contributed by atoms with Gasteiger partial charge in [0.25, 0.3) is 0 Å². The van der Waals surface area contributed by atoms with E-state index in [0.29, 0.717) is 17.8 Å². The van der Waals surface area contributed by atoms with E-state index in [9.17, 15) is 18.0 Å². The fraction of sp³-hybridized carbons (Fsp3) is 0.636. The van der Waals surface area contributed by atoms with Crippen molar-refractivity contribution >= 4 is 5.97 Å². The minimum absolute atomic E-state index is 0.374. The lowest BCUT2D eigenvalue weighted by Gasteiger charge is -2.20. The molecule has 0 bridgehead atoms. The number of carbonyl (C=O) groups is 1. The van der Waals surface area contributed by atoms with Gasteiger partial charge < -0.3 is 5.11 Å². The summed E-state index contributed by atoms with van der Waals surface area (Å²) in [6, 6.07) is -2.12. The lowest BCUT2D eigenvalue weighted by atomic mass is 10.1. The predicted molar refractivity (Wildman–Crippen MR) is 58.4 cm³/mol. The van der Waals surface area contributed by atoms with Crippen molar-refractivity contribution in [2.75, 3.05) is 0 Å². The maximum Gasteiger partial charge on any atom is 0.411 e. The second-order valence-electron chi connectivity index (χ2n) is 4.10. The van der Waals surface area contributed by atoms with E-state index in [4.69, 9.17) is 5.11 Å². The zero-order valence-electron chi connectivity index (χ0n) is 10.4. The number of alkyl halides is 3. The van der Waals surface area contributed by atoms with Gasteiger partial charge in [0.05, 0.1) is 12.1 Å². The first-order valence-corrected chi connectivity index (χ1v) is 5.51. The van der Waals surface area contributed by atoms with E-state index in [1.165, 1.54) is 6.92 Å². The number of hydrogen-bond acceptors (Lipinski definition) is 2. The maximum atomic E-state index is 12.9. The molecule has 7 heteroatoms. The fourth-order valence-corrected chi connectivity index (χ4v) is 2.02. The number of aliphatic carboxylic acids is 1. The van der Waals surface area contributed by atoms with Crippen LogP contribution in [0.4, 0.5) is 13.2 Å². The second kappa shape index (κ2) is 4.99. The molecule has 0 aliphatic heterocycles. The van der Waals surface area contributed by atoms with Crippen LogP contribution >= 0.6 is 0 Å². The second-order valence-corrected chi connectivity index (χ2v) is 4.10. The van der Waals surface area contributed by atoms with Crippen molar-refractivity contribution in [2.45, 2.75) is 45.8 Å². The molecular formula is C11H15F3N2O2. The largest absolute Gasteiger partial charge is 0.481 e. The van der Waals surface area contributed by atoms with E-state index >= 15 is 0 Å². The summed E-state index contributed by atoms with van der Waals surface area (Å²) >= 11 is 0. The summed E-state index contributed by atoms with van der Waals surface area (Å²) in [5.41, 5.74) is 1.61. The van der Waals surface area contributed by atoms with Crippen LogP contribution in [-0.4, -0.2) is 27.0 Å². The van der Waals surface area contributed by atoms with E-state index < -0.39 is 24.6 Å². The van der Waals surface area contributed by atoms with Crippen LogP contribution in [-0.2, 0) is 11.2 Å². The molecule has 0 saturated heterocycles. The first-order valence-electron chi connectivity index (χ1n) is 5.51. The topological polar surface area (TPSA) is 55.1 Å². The van der Waals surface area contributed by atoms with E-state index in [1.807, 2.05) is 6.92 Å². The molecule has 0 radical (unpaired) electrons. The van der Waals surface area contributed by atoms with Crippen molar-refractivity contribution in [3.05, 3.63) is 17.0 Å². The van der Waals surface area contributed by atoms with Crippen LogP contribution in [0.25, 0.3) is 0 Å². The summed E-state index contributed by atoms with van der Waals surface area (Å²) in [5.74, 6) is -1.50. The Kier molecular flexibility index (Phi) is 4.03. The van der Waals surface area contributed by atoms with Gasteiger partial charge in [-0.15, -0.1) is 0 Å². The van der Waals surface area contributed by atoms with Crippen LogP contribution < -0.4 is 0 Å². The van der Waals surface area contributed by atoms with E-state index in [-0.39, 0.29) is 0 Å². The van der Waals surface area contributed by atoms with Crippen LogP contribution in [0.15, 0.2) is 0 Å². The summed E-state index contributed by atoms with van der Waals surface area (Å²) in [5, 5.41) is 12.4. The number of rotatable bonds is 4. The first-order chi connectivity index (χ1) is 8.18. The van der Waals surface area contributed by atoms with Gasteiger partial charge in [-0.25, -0.2) is 0 Å². The molecule has 0 aliphatic rings. The summed E-state index contributed by atoms with van der Waals surface area (Å²) in [6.45, 7) is 4.97. The molecular weight excluding hydrogens is 249 g/mol. The Morgan fingerprint density at radius 2 is 2.00 bits per heavy atom. The van der Waals surface area contributed by atoms with Gasteiger partial charge in [0.2, 0.25) is 0 Å². The summed E-state index contributed by atoms with van der Waals surface area (Å²) in [6.07, 6.45) is -5.09. The molecule has 4 nitrogen and oxygen atoms in total. The zero-order valence-corrected chi connectivity index (χ0v) is 10.4. The van der Waals surface area contributed by atoms with Gasteiger partial charge in [-0.2, -0.15) is 18.3 Å². The quantitative estimate of drug-likeness (QED) is 0.909. The smallest absolute Gasteiger partial charge is 0.411 e. The van der Waals surface area contributed by atoms with Crippen molar-refractivity contribution in [2.24, 2.45) is 0 Å². The molecule has 1 N–H and O–H groups in total. The van der Waals surface area contributed by atoms with Gasteiger partial charge in [-0.3, -0.25) is 9.48 Å². The molecule has 102 valence electrons. The molecule has 1 aromatic rings. The SMILES string of the molecule is CCc1c(C)nn(C(CC(=O)O)C(F)(F)F)c1C. The zero-order chi connectivity index (χ0) is 14.1. The molecule has 0 amide bonds. The third-order valence-corrected chi connectivity index (χ3v) is 2.87. The molecule has 1 rings (SSSR count). The van der Waals surface area contributed by atoms with Crippen molar-refractivity contribution in [1.29, 1.82) is 0 Å². The Hall–Kier alpha value is -1.53. The number of carboxylic acids is 1. The lowest BCUT2D eigenvalue weighted by molar-refractivity contribution is -0.179. The highest BCUT2D eigenvalue weighted by Crippen LogP contribution is 2.34. The monoisotopic (exact) mass is 264 g/mol. The summed E-state index contributed by atoms with van der Waals surface area (Å²) in [7, 11) is 0. The number of aromatic nitrogens is 2. The van der Waals surface area contributed by atoms with Crippen molar-refractivity contribution in [3.63, 3.8) is 0 Å². The van der Waals surface area contributed by atoms with Crippen molar-refractivity contribution < 1.29 is 23.1 Å². The number of aryl methyl sites for hydroxylation is 1. The van der Waals surface area contributed by atoms with Gasteiger partial charge in [0, 0.05) is 5.69 Å². The van der Waals surface area contributed by atoms with Crippen LogP contribution in [0, 0.1) is 13.8 Å². The molecule has 1 aromatic heterocycles. The molecule has 18 heavy (non-hydrogen) atoms. The van der Waals surface area contributed by atoms with Crippen LogP contribution in [0.3, 0.4) is 0 Å². The minimum Gasteiger partial charge on any atom is -0.481 e. The van der Waals surface area contributed by atoms with Gasteiger partial charge >= 0.3 is 12.1 Å². The Morgan fingerprint density at radius 1 is 1.44 bits per heavy atom. The molecule has 0 fully saturated rings. The highest BCUT2D eigenvalue weighted by Gasteiger charge is 2.44. The van der Waals surface area contributed by atoms with E-state index in [1.54, 1.807) is 6.92 Å². The number of halogens is 3. The van der Waals surface area contributed by atoms with Crippen LogP contribution in [0.2, 0.25) is 0 Å². The molecule has 0 spiro atoms. The first kappa shape index (κ1) is 14.5. The van der Waals surface area contributed by atoms with Gasteiger partial charge in [0.1, 0.15) is 0 Å². The third-order valence-electron chi connectivity index (χ3n) is 2.87. The summed E-state index contributed by atoms with van der Waals surface area (Å²) < 4.78 is 39.4.